The van der Waals surface area contributed by atoms with Crippen LogP contribution in [0.1, 0.15) is 75.2 Å². The number of esters is 1. The molecule has 0 saturated heterocycles. The van der Waals surface area contributed by atoms with Crippen molar-refractivity contribution < 1.29 is 19.0 Å². The van der Waals surface area contributed by atoms with Gasteiger partial charge in [-0.25, -0.2) is 0 Å². The number of carbonyl (C=O) groups excluding carboxylic acids is 1. The summed E-state index contributed by atoms with van der Waals surface area (Å²) in [5, 5.41) is 0. The van der Waals surface area contributed by atoms with E-state index in [0.717, 1.165) is 6.42 Å². The van der Waals surface area contributed by atoms with E-state index in [1.807, 2.05) is 20.8 Å². The van der Waals surface area contributed by atoms with Crippen LogP contribution in [0.15, 0.2) is 0 Å². The molecule has 0 rings (SSSR count). The number of carbonyl (C=O) groups is 1. The van der Waals surface area contributed by atoms with Gasteiger partial charge in [-0.05, 0) is 38.0 Å². The van der Waals surface area contributed by atoms with E-state index in [1.165, 1.54) is 0 Å². The monoisotopic (exact) mass is 344 g/mol. The van der Waals surface area contributed by atoms with Crippen molar-refractivity contribution in [3.8, 4) is 0 Å². The molecule has 0 saturated carbocycles. The predicted octanol–water partition coefficient (Wildman–Crippen LogP) is 4.85. The van der Waals surface area contributed by atoms with Crippen molar-refractivity contribution in [1.82, 2.24) is 0 Å². The zero-order valence-corrected chi connectivity index (χ0v) is 17.6. The van der Waals surface area contributed by atoms with Gasteiger partial charge in [0, 0.05) is 13.5 Å². The molecule has 2 unspecified atom stereocenters. The summed E-state index contributed by atoms with van der Waals surface area (Å²) in [4.78, 5) is 12.6. The Bertz CT molecular complexity index is 374. The van der Waals surface area contributed by atoms with Crippen molar-refractivity contribution in [2.75, 3.05) is 20.3 Å². The number of rotatable bonds is 9. The predicted molar refractivity (Wildman–Crippen MR) is 99.1 cm³/mol. The zero-order chi connectivity index (χ0) is 19.2. The molecule has 0 heterocycles. The van der Waals surface area contributed by atoms with Crippen LogP contribution in [-0.2, 0) is 19.0 Å². The molecule has 4 heteroatoms. The average Bonchev–Trinajstić information content (AvgIpc) is 2.39. The van der Waals surface area contributed by atoms with Crippen LogP contribution < -0.4 is 0 Å². The molecule has 0 aromatic heterocycles. The number of methoxy groups -OCH3 is 1. The van der Waals surface area contributed by atoms with Crippen LogP contribution in [0.3, 0.4) is 0 Å². The van der Waals surface area contributed by atoms with E-state index in [2.05, 4.69) is 41.5 Å². The molecule has 0 amide bonds. The van der Waals surface area contributed by atoms with Crippen molar-refractivity contribution in [3.05, 3.63) is 0 Å². The average molecular weight is 345 g/mol. The molecular weight excluding hydrogens is 304 g/mol. The van der Waals surface area contributed by atoms with Crippen molar-refractivity contribution in [2.45, 2.75) is 86.9 Å². The van der Waals surface area contributed by atoms with Gasteiger partial charge in [-0.3, -0.25) is 4.79 Å². The molecule has 0 bridgehead atoms. The summed E-state index contributed by atoms with van der Waals surface area (Å²) in [6.07, 6.45) is 1.55. The third-order valence-corrected chi connectivity index (χ3v) is 4.21. The summed E-state index contributed by atoms with van der Waals surface area (Å²) < 4.78 is 16.6. The minimum absolute atomic E-state index is 0.0591. The van der Waals surface area contributed by atoms with E-state index in [4.69, 9.17) is 14.2 Å². The first kappa shape index (κ1) is 23.4. The third kappa shape index (κ3) is 10.3. The number of hydrogen-bond acceptors (Lipinski definition) is 4. The molecule has 0 aliphatic carbocycles. The van der Waals surface area contributed by atoms with Crippen LogP contribution in [0.2, 0.25) is 0 Å². The fourth-order valence-corrected chi connectivity index (χ4v) is 2.34. The molecular formula is C20H40O4. The van der Waals surface area contributed by atoms with E-state index in [-0.39, 0.29) is 34.4 Å². The Labute approximate surface area is 149 Å². The smallest absolute Gasteiger partial charge is 0.309 e. The topological polar surface area (TPSA) is 44.8 Å². The second kappa shape index (κ2) is 9.19. The second-order valence-corrected chi connectivity index (χ2v) is 9.72. The lowest BCUT2D eigenvalue weighted by Gasteiger charge is -2.34. The third-order valence-electron chi connectivity index (χ3n) is 4.21. The van der Waals surface area contributed by atoms with Crippen molar-refractivity contribution in [3.63, 3.8) is 0 Å². The lowest BCUT2D eigenvalue weighted by Crippen LogP contribution is -2.35. The highest BCUT2D eigenvalue weighted by Gasteiger charge is 2.36. The van der Waals surface area contributed by atoms with E-state index >= 15 is 0 Å². The number of hydrogen-bond donors (Lipinski definition) is 0. The molecule has 0 N–H and O–H groups in total. The van der Waals surface area contributed by atoms with Gasteiger partial charge in [-0.2, -0.15) is 0 Å². The lowest BCUT2D eigenvalue weighted by atomic mass is 9.72. The quantitative estimate of drug-likeness (QED) is 0.561. The normalized spacial score (nSPS) is 15.9. The second-order valence-electron chi connectivity index (χ2n) is 9.72. The molecule has 4 nitrogen and oxygen atoms in total. The van der Waals surface area contributed by atoms with Gasteiger partial charge in [0.1, 0.15) is 0 Å². The van der Waals surface area contributed by atoms with Gasteiger partial charge in [0.05, 0.1) is 30.8 Å². The molecule has 0 aromatic rings. The summed E-state index contributed by atoms with van der Waals surface area (Å²) in [7, 11) is 1.67. The Hall–Kier alpha value is -0.610. The molecule has 24 heavy (non-hydrogen) atoms. The standard InChI is InChI=1S/C20H40O4/c1-15(22-10)14-24-20(8,9)11-12-23-17(21)16(19(5,6)7)13-18(2,3)4/h15-16H,11-14H2,1-10H3. The first-order valence-corrected chi connectivity index (χ1v) is 9.01. The highest BCUT2D eigenvalue weighted by atomic mass is 16.5. The Morgan fingerprint density at radius 2 is 1.54 bits per heavy atom. The van der Waals surface area contributed by atoms with Gasteiger partial charge >= 0.3 is 5.97 Å². The SMILES string of the molecule is COC(C)COC(C)(C)CCOC(=O)C(CC(C)(C)C)C(C)(C)C. The van der Waals surface area contributed by atoms with Gasteiger partial charge in [0.2, 0.25) is 0 Å². The highest BCUT2D eigenvalue weighted by Crippen LogP contribution is 2.36. The van der Waals surface area contributed by atoms with Crippen molar-refractivity contribution >= 4 is 5.97 Å². The largest absolute Gasteiger partial charge is 0.465 e. The van der Waals surface area contributed by atoms with Gasteiger partial charge in [0.15, 0.2) is 0 Å². The van der Waals surface area contributed by atoms with Crippen LogP contribution in [-0.4, -0.2) is 38.0 Å². The van der Waals surface area contributed by atoms with Gasteiger partial charge in [0.25, 0.3) is 0 Å². The van der Waals surface area contributed by atoms with E-state index < -0.39 is 0 Å². The Balaban J connectivity index is 4.53. The van der Waals surface area contributed by atoms with Gasteiger partial charge < -0.3 is 14.2 Å². The Morgan fingerprint density at radius 3 is 1.96 bits per heavy atom. The summed E-state index contributed by atoms with van der Waals surface area (Å²) in [5.41, 5.74) is -0.353. The molecule has 0 fully saturated rings. The van der Waals surface area contributed by atoms with Crippen LogP contribution in [0, 0.1) is 16.7 Å². The minimum atomic E-state index is -0.339. The highest BCUT2D eigenvalue weighted by molar-refractivity contribution is 5.73. The lowest BCUT2D eigenvalue weighted by molar-refractivity contribution is -0.156. The van der Waals surface area contributed by atoms with Gasteiger partial charge in [-0.15, -0.1) is 0 Å². The van der Waals surface area contributed by atoms with Crippen LogP contribution >= 0.6 is 0 Å². The molecule has 2 atom stereocenters. The van der Waals surface area contributed by atoms with Crippen LogP contribution in [0.5, 0.6) is 0 Å². The minimum Gasteiger partial charge on any atom is -0.465 e. The van der Waals surface area contributed by atoms with Gasteiger partial charge in [-0.1, -0.05) is 41.5 Å². The summed E-state index contributed by atoms with van der Waals surface area (Å²) in [6.45, 7) is 19.7. The van der Waals surface area contributed by atoms with E-state index in [1.54, 1.807) is 7.11 Å². The van der Waals surface area contributed by atoms with E-state index in [9.17, 15) is 4.79 Å². The Morgan fingerprint density at radius 1 is 1.00 bits per heavy atom. The summed E-state index contributed by atoms with van der Waals surface area (Å²) in [6, 6.07) is 0. The Kier molecular flexibility index (Phi) is 8.95. The molecule has 0 radical (unpaired) electrons. The first-order valence-electron chi connectivity index (χ1n) is 9.01. The van der Waals surface area contributed by atoms with Crippen LogP contribution in [0.4, 0.5) is 0 Å². The van der Waals surface area contributed by atoms with Crippen LogP contribution in [0.25, 0.3) is 0 Å². The molecule has 0 spiro atoms. The first-order chi connectivity index (χ1) is 10.7. The number of ether oxygens (including phenoxy) is 3. The molecule has 0 aliphatic rings. The maximum Gasteiger partial charge on any atom is 0.309 e. The van der Waals surface area contributed by atoms with E-state index in [0.29, 0.717) is 19.6 Å². The maximum absolute atomic E-state index is 12.6. The molecule has 0 aliphatic heterocycles. The zero-order valence-electron chi connectivity index (χ0n) is 17.6. The summed E-state index contributed by atoms with van der Waals surface area (Å²) >= 11 is 0. The fraction of sp³-hybridized carbons (Fsp3) is 0.950. The fourth-order valence-electron chi connectivity index (χ4n) is 2.34. The summed E-state index contributed by atoms with van der Waals surface area (Å²) in [5.74, 6) is -0.200. The van der Waals surface area contributed by atoms with Crippen molar-refractivity contribution in [1.29, 1.82) is 0 Å². The maximum atomic E-state index is 12.6. The molecule has 144 valence electrons. The van der Waals surface area contributed by atoms with Crippen molar-refractivity contribution in [2.24, 2.45) is 16.7 Å². The molecule has 0 aromatic carbocycles.